The highest BCUT2D eigenvalue weighted by Crippen LogP contribution is 2.31. The Morgan fingerprint density at radius 2 is 1.95 bits per heavy atom. The van der Waals surface area contributed by atoms with Gasteiger partial charge in [-0.25, -0.2) is 9.78 Å². The fourth-order valence-electron chi connectivity index (χ4n) is 1.61. The fourth-order valence-corrected chi connectivity index (χ4v) is 2.94. The smallest absolute Gasteiger partial charge is 0.337 e. The molecular weight excluding hydrogens is 408 g/mol. The molecule has 6 nitrogen and oxygen atoms in total. The lowest BCUT2D eigenvalue weighted by atomic mass is 10.1. The van der Waals surface area contributed by atoms with Crippen LogP contribution in [0.15, 0.2) is 39.4 Å². The van der Waals surface area contributed by atoms with E-state index in [2.05, 4.69) is 42.2 Å². The number of nitrogens with zero attached hydrogens (tertiary/aromatic N) is 1. The van der Waals surface area contributed by atoms with Crippen molar-refractivity contribution in [1.82, 2.24) is 4.98 Å². The van der Waals surface area contributed by atoms with Crippen molar-refractivity contribution in [1.29, 1.82) is 0 Å². The minimum Gasteiger partial charge on any atom is -0.505 e. The number of carbonyl (C=O) groups is 2. The Bertz CT molecular complexity index is 734. The normalized spacial score (nSPS) is 10.2. The summed E-state index contributed by atoms with van der Waals surface area (Å²) < 4.78 is 0.934. The summed E-state index contributed by atoms with van der Waals surface area (Å²) in [5.74, 6) is -2.20. The van der Waals surface area contributed by atoms with Gasteiger partial charge < -0.3 is 15.5 Å². The zero-order valence-corrected chi connectivity index (χ0v) is 13.5. The Hall–Kier alpha value is -1.93. The third-order valence-electron chi connectivity index (χ3n) is 2.53. The topological polar surface area (TPSA) is 99.5 Å². The first-order chi connectivity index (χ1) is 9.90. The van der Waals surface area contributed by atoms with E-state index < -0.39 is 11.9 Å². The summed E-state index contributed by atoms with van der Waals surface area (Å²) in [5, 5.41) is 21.2. The molecule has 0 aliphatic heterocycles. The highest BCUT2D eigenvalue weighted by molar-refractivity contribution is 9.11. The molecule has 0 aliphatic rings. The molecule has 1 aromatic heterocycles. The predicted octanol–water partition coefficient (Wildman–Crippen LogP) is 3.26. The number of amides is 1. The van der Waals surface area contributed by atoms with Crippen LogP contribution >= 0.6 is 31.9 Å². The van der Waals surface area contributed by atoms with Crippen molar-refractivity contribution < 1.29 is 19.8 Å². The maximum Gasteiger partial charge on any atom is 0.337 e. The van der Waals surface area contributed by atoms with E-state index in [-0.39, 0.29) is 22.7 Å². The maximum absolute atomic E-state index is 12.1. The van der Waals surface area contributed by atoms with Crippen molar-refractivity contribution in [2.75, 3.05) is 5.32 Å². The van der Waals surface area contributed by atoms with E-state index in [1.165, 1.54) is 24.4 Å². The van der Waals surface area contributed by atoms with Crippen molar-refractivity contribution in [3.8, 4) is 5.75 Å². The summed E-state index contributed by atoms with van der Waals surface area (Å²) in [6.45, 7) is 0. The Balaban J connectivity index is 2.42. The van der Waals surface area contributed by atoms with E-state index in [9.17, 15) is 19.8 Å². The number of hydrogen-bond acceptors (Lipinski definition) is 4. The third kappa shape index (κ3) is 3.40. The number of carboxylic acid groups (broad SMARTS) is 1. The highest BCUT2D eigenvalue weighted by atomic mass is 79.9. The minimum absolute atomic E-state index is 0.0840. The van der Waals surface area contributed by atoms with Crippen molar-refractivity contribution in [2.24, 2.45) is 0 Å². The van der Waals surface area contributed by atoms with Crippen LogP contribution in [-0.4, -0.2) is 27.1 Å². The van der Waals surface area contributed by atoms with E-state index in [1.807, 2.05) is 0 Å². The summed E-state index contributed by atoms with van der Waals surface area (Å²) in [5.41, 5.74) is -0.204. The zero-order valence-electron chi connectivity index (χ0n) is 10.3. The molecule has 1 heterocycles. The summed E-state index contributed by atoms with van der Waals surface area (Å²) >= 11 is 6.37. The Morgan fingerprint density at radius 3 is 2.57 bits per heavy atom. The zero-order chi connectivity index (χ0) is 15.6. The summed E-state index contributed by atoms with van der Waals surface area (Å²) in [6, 6.07) is 5.75. The average Bonchev–Trinajstić information content (AvgIpc) is 2.41. The summed E-state index contributed by atoms with van der Waals surface area (Å²) in [4.78, 5) is 27.1. The number of anilines is 1. The number of pyridine rings is 1. The first-order valence-corrected chi connectivity index (χ1v) is 7.16. The van der Waals surface area contributed by atoms with Gasteiger partial charge in [0.25, 0.3) is 5.91 Å². The van der Waals surface area contributed by atoms with E-state index in [0.29, 0.717) is 8.95 Å². The standard InChI is InChI=1S/C13H8Br2N2O4/c14-6-4-7(13(20)21)10(8(15)5-6)17-12(19)11-9(18)2-1-3-16-11/h1-5,18H,(H,17,19)(H,20,21). The molecule has 0 saturated heterocycles. The molecule has 2 aromatic rings. The molecule has 0 atom stereocenters. The lowest BCUT2D eigenvalue weighted by Gasteiger charge is -2.11. The molecule has 1 aromatic carbocycles. The van der Waals surface area contributed by atoms with Gasteiger partial charge >= 0.3 is 5.97 Å². The Morgan fingerprint density at radius 1 is 1.24 bits per heavy atom. The molecule has 8 heteroatoms. The van der Waals surface area contributed by atoms with Crippen LogP contribution in [0.25, 0.3) is 0 Å². The second-order valence-corrected chi connectivity index (χ2v) is 5.71. The number of nitrogens with one attached hydrogen (secondary N) is 1. The van der Waals surface area contributed by atoms with Crippen LogP contribution in [0.1, 0.15) is 20.8 Å². The van der Waals surface area contributed by atoms with E-state index in [4.69, 9.17) is 0 Å². The molecular formula is C13H8Br2N2O4. The number of rotatable bonds is 3. The fraction of sp³-hybridized carbons (Fsp3) is 0. The van der Waals surface area contributed by atoms with Gasteiger partial charge in [0, 0.05) is 15.1 Å². The van der Waals surface area contributed by atoms with Crippen molar-refractivity contribution in [3.63, 3.8) is 0 Å². The van der Waals surface area contributed by atoms with Crippen LogP contribution in [0.4, 0.5) is 5.69 Å². The Kier molecular flexibility index (Phi) is 4.59. The number of carbonyl (C=O) groups excluding carboxylic acids is 1. The van der Waals surface area contributed by atoms with Gasteiger partial charge in [-0.1, -0.05) is 15.9 Å². The van der Waals surface area contributed by atoms with Crippen LogP contribution < -0.4 is 5.32 Å². The molecule has 1 amide bonds. The molecule has 108 valence electrons. The van der Waals surface area contributed by atoms with Gasteiger partial charge in [-0.2, -0.15) is 0 Å². The monoisotopic (exact) mass is 414 g/mol. The Labute approximate surface area is 136 Å². The van der Waals surface area contributed by atoms with Gasteiger partial charge in [0.05, 0.1) is 11.3 Å². The lowest BCUT2D eigenvalue weighted by Crippen LogP contribution is -2.16. The van der Waals surface area contributed by atoms with Gasteiger partial charge in [-0.15, -0.1) is 0 Å². The van der Waals surface area contributed by atoms with Gasteiger partial charge in [0.1, 0.15) is 5.75 Å². The average molecular weight is 416 g/mol. The highest BCUT2D eigenvalue weighted by Gasteiger charge is 2.19. The quantitative estimate of drug-likeness (QED) is 0.714. The van der Waals surface area contributed by atoms with Crippen LogP contribution in [0.5, 0.6) is 5.75 Å². The molecule has 0 unspecified atom stereocenters. The largest absolute Gasteiger partial charge is 0.505 e. The number of benzene rings is 1. The maximum atomic E-state index is 12.1. The summed E-state index contributed by atoms with van der Waals surface area (Å²) in [6.07, 6.45) is 1.35. The van der Waals surface area contributed by atoms with Gasteiger partial charge in [-0.3, -0.25) is 4.79 Å². The van der Waals surface area contributed by atoms with Crippen molar-refractivity contribution >= 4 is 49.4 Å². The van der Waals surface area contributed by atoms with Gasteiger partial charge in [0.2, 0.25) is 0 Å². The second kappa shape index (κ2) is 6.23. The lowest BCUT2D eigenvalue weighted by molar-refractivity contribution is 0.0698. The molecule has 0 radical (unpaired) electrons. The number of carboxylic acids is 1. The summed E-state index contributed by atoms with van der Waals surface area (Å²) in [7, 11) is 0. The third-order valence-corrected chi connectivity index (χ3v) is 3.61. The van der Waals surface area contributed by atoms with E-state index >= 15 is 0 Å². The SMILES string of the molecule is O=C(O)c1cc(Br)cc(Br)c1NC(=O)c1ncccc1O. The number of halogens is 2. The van der Waals surface area contributed by atoms with Gasteiger partial charge in [0.15, 0.2) is 5.69 Å². The van der Waals surface area contributed by atoms with E-state index in [1.54, 1.807) is 6.07 Å². The number of hydrogen-bond donors (Lipinski definition) is 3. The predicted molar refractivity (Wildman–Crippen MR) is 82.7 cm³/mol. The van der Waals surface area contributed by atoms with Crippen LogP contribution in [-0.2, 0) is 0 Å². The number of aromatic carboxylic acids is 1. The second-order valence-electron chi connectivity index (χ2n) is 3.94. The molecule has 0 spiro atoms. The first-order valence-electron chi connectivity index (χ1n) is 5.58. The number of aromatic nitrogens is 1. The van der Waals surface area contributed by atoms with Crippen molar-refractivity contribution in [2.45, 2.75) is 0 Å². The van der Waals surface area contributed by atoms with Crippen molar-refractivity contribution in [3.05, 3.63) is 50.7 Å². The molecule has 0 saturated carbocycles. The molecule has 0 bridgehead atoms. The van der Waals surface area contributed by atoms with Crippen LogP contribution in [0, 0.1) is 0 Å². The first kappa shape index (κ1) is 15.5. The molecule has 3 N–H and O–H groups in total. The van der Waals surface area contributed by atoms with E-state index in [0.717, 1.165) is 0 Å². The molecule has 21 heavy (non-hydrogen) atoms. The number of aromatic hydroxyl groups is 1. The molecule has 2 rings (SSSR count). The minimum atomic E-state index is -1.20. The molecule has 0 aliphatic carbocycles. The van der Waals surface area contributed by atoms with Crippen LogP contribution in [0.3, 0.4) is 0 Å². The molecule has 0 fully saturated rings. The van der Waals surface area contributed by atoms with Crippen LogP contribution in [0.2, 0.25) is 0 Å². The van der Waals surface area contributed by atoms with Gasteiger partial charge in [-0.05, 0) is 40.2 Å².